The molecule has 2 heterocycles. The van der Waals surface area contributed by atoms with Crippen LogP contribution >= 0.6 is 0 Å². The van der Waals surface area contributed by atoms with Crippen molar-refractivity contribution in [2.45, 2.75) is 6.42 Å². The number of benzene rings is 1. The highest BCUT2D eigenvalue weighted by Crippen LogP contribution is 2.27. The summed E-state index contributed by atoms with van der Waals surface area (Å²) in [5.41, 5.74) is 1.76. The van der Waals surface area contributed by atoms with Crippen LogP contribution < -0.4 is 4.90 Å². The van der Waals surface area contributed by atoms with Crippen LogP contribution in [0.3, 0.4) is 0 Å². The topological polar surface area (TPSA) is 59.0 Å². The quantitative estimate of drug-likeness (QED) is 0.696. The zero-order valence-electron chi connectivity index (χ0n) is 9.50. The molecule has 0 fully saturated rings. The van der Waals surface area contributed by atoms with E-state index in [1.54, 1.807) is 0 Å². The van der Waals surface area contributed by atoms with Gasteiger partial charge in [-0.3, -0.25) is 14.5 Å². The number of hydrogen-bond acceptors (Lipinski definition) is 4. The van der Waals surface area contributed by atoms with Gasteiger partial charge >= 0.3 is 0 Å². The molecule has 1 amide bonds. The lowest BCUT2D eigenvalue weighted by Gasteiger charge is -2.30. The lowest BCUT2D eigenvalue weighted by Crippen LogP contribution is -2.40. The number of rotatable bonds is 1. The third-order valence-corrected chi connectivity index (χ3v) is 2.92. The molecular formula is C13H10N2O3. The number of hydrogen-bond donors (Lipinski definition) is 0. The van der Waals surface area contributed by atoms with E-state index in [0.29, 0.717) is 11.3 Å². The molecule has 3 rings (SSSR count). The van der Waals surface area contributed by atoms with Crippen LogP contribution in [0.15, 0.2) is 46.8 Å². The summed E-state index contributed by atoms with van der Waals surface area (Å²) in [6, 6.07) is 9.20. The predicted molar refractivity (Wildman–Crippen MR) is 65.0 cm³/mol. The monoisotopic (exact) mass is 242 g/mol. The number of amides is 1. The average Bonchev–Trinajstić information content (AvgIpc) is 2.40. The van der Waals surface area contributed by atoms with Crippen molar-refractivity contribution in [1.29, 1.82) is 0 Å². The van der Waals surface area contributed by atoms with Crippen molar-refractivity contribution < 1.29 is 14.4 Å². The smallest absolute Gasteiger partial charge is 0.239 e. The van der Waals surface area contributed by atoms with Crippen molar-refractivity contribution in [1.82, 2.24) is 0 Å². The number of oxime groups is 1. The molecule has 0 saturated heterocycles. The van der Waals surface area contributed by atoms with Crippen LogP contribution in [0.4, 0.5) is 5.69 Å². The molecule has 5 nitrogen and oxygen atoms in total. The molecule has 18 heavy (non-hydrogen) atoms. The Bertz CT molecular complexity index is 575. The third kappa shape index (κ3) is 1.60. The summed E-state index contributed by atoms with van der Waals surface area (Å²) in [7, 11) is 0. The van der Waals surface area contributed by atoms with E-state index >= 15 is 0 Å². The van der Waals surface area contributed by atoms with Gasteiger partial charge in [0.05, 0.1) is 23.9 Å². The lowest BCUT2D eigenvalue weighted by atomic mass is 10.00. The Hall–Kier alpha value is -2.43. The van der Waals surface area contributed by atoms with E-state index in [1.807, 2.05) is 30.3 Å². The van der Waals surface area contributed by atoms with Gasteiger partial charge in [-0.1, -0.05) is 23.4 Å². The Balaban J connectivity index is 2.13. The molecule has 0 aromatic heterocycles. The molecule has 2 aliphatic rings. The highest BCUT2D eigenvalue weighted by atomic mass is 16.6. The number of anilines is 1. The minimum atomic E-state index is -0.238. The number of allylic oxidation sites excluding steroid dienone is 1. The summed E-state index contributed by atoms with van der Waals surface area (Å²) >= 11 is 0. The maximum atomic E-state index is 12.0. The van der Waals surface area contributed by atoms with E-state index < -0.39 is 0 Å². The summed E-state index contributed by atoms with van der Waals surface area (Å²) in [4.78, 5) is 30.2. The van der Waals surface area contributed by atoms with Crippen molar-refractivity contribution in [3.8, 4) is 0 Å². The minimum Gasteiger partial charge on any atom is -0.391 e. The number of carbonyl (C=O) groups excluding carboxylic acids is 2. The number of Topliss-reactive ketones (excluding diaryl/α,β-unsaturated/α-hetero) is 1. The van der Waals surface area contributed by atoms with Crippen LogP contribution in [0, 0.1) is 0 Å². The number of nitrogens with zero attached hydrogens (tertiary/aromatic N) is 2. The van der Waals surface area contributed by atoms with Crippen molar-refractivity contribution in [3.63, 3.8) is 0 Å². The number of para-hydroxylation sites is 1. The molecule has 0 radical (unpaired) electrons. The van der Waals surface area contributed by atoms with Gasteiger partial charge in [0.15, 0.2) is 5.78 Å². The van der Waals surface area contributed by atoms with Gasteiger partial charge in [-0.05, 0) is 12.1 Å². The SMILES string of the molecule is O=C1CC(=O)N(c2ccccc2)C2=C1CON=C2. The normalized spacial score (nSPS) is 18.8. The standard InChI is InChI=1S/C13H10N2O3/c16-12-6-13(17)15(9-4-2-1-3-5-9)11-7-14-18-8-10(11)12/h1-5,7H,6,8H2. The first kappa shape index (κ1) is 10.7. The second-order valence-corrected chi connectivity index (χ2v) is 4.04. The second-order valence-electron chi connectivity index (χ2n) is 4.04. The molecule has 0 aliphatic carbocycles. The minimum absolute atomic E-state index is 0.120. The van der Waals surface area contributed by atoms with Gasteiger partial charge in [-0.2, -0.15) is 0 Å². The Morgan fingerprint density at radius 3 is 2.72 bits per heavy atom. The summed E-state index contributed by atoms with van der Waals surface area (Å²) in [6.07, 6.45) is 1.30. The molecule has 5 heteroatoms. The van der Waals surface area contributed by atoms with E-state index in [-0.39, 0.29) is 24.7 Å². The van der Waals surface area contributed by atoms with Gasteiger partial charge in [0, 0.05) is 5.69 Å². The first-order chi connectivity index (χ1) is 8.77. The van der Waals surface area contributed by atoms with Crippen molar-refractivity contribution in [2.75, 3.05) is 11.5 Å². The zero-order valence-corrected chi connectivity index (χ0v) is 9.50. The molecule has 0 unspecified atom stereocenters. The van der Waals surface area contributed by atoms with E-state index in [0.717, 1.165) is 5.69 Å². The molecule has 0 saturated carbocycles. The fraction of sp³-hybridized carbons (Fsp3) is 0.154. The van der Waals surface area contributed by atoms with Gasteiger partial charge < -0.3 is 4.84 Å². The van der Waals surface area contributed by atoms with Crippen LogP contribution in [-0.4, -0.2) is 24.5 Å². The van der Waals surface area contributed by atoms with Crippen LogP contribution in [0.25, 0.3) is 0 Å². The molecule has 0 atom stereocenters. The van der Waals surface area contributed by atoms with Crippen molar-refractivity contribution >= 4 is 23.6 Å². The first-order valence-corrected chi connectivity index (χ1v) is 5.57. The lowest BCUT2D eigenvalue weighted by molar-refractivity contribution is -0.125. The van der Waals surface area contributed by atoms with Gasteiger partial charge in [0.25, 0.3) is 0 Å². The molecule has 0 spiro atoms. The van der Waals surface area contributed by atoms with E-state index in [4.69, 9.17) is 4.84 Å². The molecular weight excluding hydrogens is 232 g/mol. The fourth-order valence-electron chi connectivity index (χ4n) is 2.07. The number of ketones is 1. The Morgan fingerprint density at radius 2 is 1.94 bits per heavy atom. The summed E-state index contributed by atoms with van der Waals surface area (Å²) in [5, 5.41) is 3.68. The molecule has 1 aromatic carbocycles. The van der Waals surface area contributed by atoms with Crippen LogP contribution in [0.1, 0.15) is 6.42 Å². The van der Waals surface area contributed by atoms with Gasteiger partial charge in [0.2, 0.25) is 5.91 Å². The largest absolute Gasteiger partial charge is 0.391 e. The maximum absolute atomic E-state index is 12.0. The zero-order chi connectivity index (χ0) is 12.5. The van der Waals surface area contributed by atoms with Crippen LogP contribution in [-0.2, 0) is 14.4 Å². The first-order valence-electron chi connectivity index (χ1n) is 5.57. The predicted octanol–water partition coefficient (Wildman–Crippen LogP) is 1.26. The molecule has 1 aromatic rings. The summed E-state index contributed by atoms with van der Waals surface area (Å²) in [5.74, 6) is -0.424. The fourth-order valence-corrected chi connectivity index (χ4v) is 2.07. The Morgan fingerprint density at radius 1 is 1.17 bits per heavy atom. The molecule has 2 aliphatic heterocycles. The molecule has 90 valence electrons. The molecule has 0 bridgehead atoms. The number of carbonyl (C=O) groups is 2. The highest BCUT2D eigenvalue weighted by molar-refractivity contribution is 6.21. The summed E-state index contributed by atoms with van der Waals surface area (Å²) < 4.78 is 0. The van der Waals surface area contributed by atoms with Crippen molar-refractivity contribution in [3.05, 3.63) is 41.6 Å². The van der Waals surface area contributed by atoms with Crippen LogP contribution in [0.5, 0.6) is 0 Å². The Labute approximate surface area is 103 Å². The van der Waals surface area contributed by atoms with Crippen molar-refractivity contribution in [2.24, 2.45) is 5.16 Å². The molecule has 0 N–H and O–H groups in total. The second kappa shape index (κ2) is 4.10. The van der Waals surface area contributed by atoms with E-state index in [9.17, 15) is 9.59 Å². The maximum Gasteiger partial charge on any atom is 0.239 e. The average molecular weight is 242 g/mol. The van der Waals surface area contributed by atoms with Gasteiger partial charge in [-0.25, -0.2) is 0 Å². The summed E-state index contributed by atoms with van der Waals surface area (Å²) in [6.45, 7) is 0.126. The van der Waals surface area contributed by atoms with Gasteiger partial charge in [-0.15, -0.1) is 0 Å². The third-order valence-electron chi connectivity index (χ3n) is 2.92. The van der Waals surface area contributed by atoms with Gasteiger partial charge in [0.1, 0.15) is 6.61 Å². The highest BCUT2D eigenvalue weighted by Gasteiger charge is 2.34. The van der Waals surface area contributed by atoms with E-state index in [2.05, 4.69) is 5.16 Å². The van der Waals surface area contributed by atoms with E-state index in [1.165, 1.54) is 11.1 Å². The Kier molecular flexibility index (Phi) is 2.44. The van der Waals surface area contributed by atoms with Crippen LogP contribution in [0.2, 0.25) is 0 Å².